The number of aliphatic carboxylic acids is 1. The van der Waals surface area contributed by atoms with Crippen molar-refractivity contribution in [3.8, 4) is 0 Å². The third-order valence-corrected chi connectivity index (χ3v) is 3.00. The van der Waals surface area contributed by atoms with Gasteiger partial charge in [-0.3, -0.25) is 9.79 Å². The van der Waals surface area contributed by atoms with E-state index in [1.165, 1.54) is 4.91 Å². The Hall–Kier alpha value is -0.970. The van der Waals surface area contributed by atoms with Gasteiger partial charge in [-0.15, -0.1) is 0 Å². The third-order valence-electron chi connectivity index (χ3n) is 1.94. The van der Waals surface area contributed by atoms with Crippen molar-refractivity contribution in [2.45, 2.75) is 18.8 Å². The Labute approximate surface area is 80.3 Å². The summed E-state index contributed by atoms with van der Waals surface area (Å²) in [6.45, 7) is 2.71. The molecule has 0 aliphatic carbocycles. The Kier molecular flexibility index (Phi) is 2.03. The topological polar surface area (TPSA) is 52.9 Å². The fourth-order valence-corrected chi connectivity index (χ4v) is 2.47. The van der Waals surface area contributed by atoms with E-state index >= 15 is 0 Å². The molecule has 1 N–H and O–H groups in total. The lowest BCUT2D eigenvalue weighted by molar-refractivity contribution is -0.135. The number of nitrogens with zero attached hydrogens (tertiary/aromatic N) is 2. The molecule has 0 aromatic carbocycles. The number of rotatable bonds is 2. The summed E-state index contributed by atoms with van der Waals surface area (Å²) in [6, 6.07) is 0. The van der Waals surface area contributed by atoms with Gasteiger partial charge in [-0.05, 0) is 6.92 Å². The number of thioether (sulfide) groups is 1. The van der Waals surface area contributed by atoms with Gasteiger partial charge in [0.1, 0.15) is 0 Å². The molecule has 0 fully saturated rings. The molecule has 1 atom stereocenters. The summed E-state index contributed by atoms with van der Waals surface area (Å²) >= 11 is 1.67. The van der Waals surface area contributed by atoms with Crippen molar-refractivity contribution in [2.24, 2.45) is 4.99 Å². The van der Waals surface area contributed by atoms with Gasteiger partial charge in [0.05, 0.1) is 13.0 Å². The van der Waals surface area contributed by atoms with Crippen molar-refractivity contribution in [1.82, 2.24) is 4.90 Å². The highest BCUT2D eigenvalue weighted by atomic mass is 32.2. The van der Waals surface area contributed by atoms with Crippen molar-refractivity contribution in [3.05, 3.63) is 11.1 Å². The number of allylic oxidation sites excluding steroid dienone is 1. The van der Waals surface area contributed by atoms with E-state index in [9.17, 15) is 4.79 Å². The maximum absolute atomic E-state index is 10.4. The van der Waals surface area contributed by atoms with Crippen molar-refractivity contribution in [1.29, 1.82) is 0 Å². The third kappa shape index (κ3) is 1.70. The van der Waals surface area contributed by atoms with Crippen LogP contribution in [0.4, 0.5) is 0 Å². The van der Waals surface area contributed by atoms with Crippen molar-refractivity contribution >= 4 is 23.4 Å². The second kappa shape index (κ2) is 3.06. The van der Waals surface area contributed by atoms with Gasteiger partial charge in [0.25, 0.3) is 0 Å². The van der Waals surface area contributed by atoms with Crippen LogP contribution in [0.15, 0.2) is 16.1 Å². The average Bonchev–Trinajstić information content (AvgIpc) is 2.41. The van der Waals surface area contributed by atoms with Crippen molar-refractivity contribution in [2.75, 3.05) is 6.54 Å². The number of carboxylic acids is 1. The molecule has 1 unspecified atom stereocenters. The number of aliphatic imine (C=N–C) groups is 1. The highest BCUT2D eigenvalue weighted by molar-refractivity contribution is 8.03. The first-order chi connectivity index (χ1) is 6.15. The smallest absolute Gasteiger partial charge is 0.309 e. The molecule has 0 amide bonds. The van der Waals surface area contributed by atoms with E-state index in [4.69, 9.17) is 5.11 Å². The van der Waals surface area contributed by atoms with Crippen LogP contribution in [-0.4, -0.2) is 33.7 Å². The first-order valence-electron chi connectivity index (χ1n) is 4.03. The second-order valence-electron chi connectivity index (χ2n) is 3.12. The van der Waals surface area contributed by atoms with Gasteiger partial charge in [-0.2, -0.15) is 0 Å². The second-order valence-corrected chi connectivity index (χ2v) is 4.42. The molecule has 13 heavy (non-hydrogen) atoms. The van der Waals surface area contributed by atoms with Crippen molar-refractivity contribution in [3.63, 3.8) is 0 Å². The van der Waals surface area contributed by atoms with E-state index in [0.29, 0.717) is 6.54 Å². The van der Waals surface area contributed by atoms with Crippen LogP contribution in [0.1, 0.15) is 13.3 Å². The molecule has 4 nitrogen and oxygen atoms in total. The Morgan fingerprint density at radius 3 is 3.31 bits per heavy atom. The summed E-state index contributed by atoms with van der Waals surface area (Å²) in [5.41, 5.74) is 0.878. The minimum Gasteiger partial charge on any atom is -0.481 e. The molecule has 0 spiro atoms. The minimum absolute atomic E-state index is 0.0699. The Balaban J connectivity index is 2.00. The molecule has 70 valence electrons. The Bertz CT molecular complexity index is 311. The largest absolute Gasteiger partial charge is 0.481 e. The first kappa shape index (κ1) is 8.62. The number of fused-ring (bicyclic) bond motifs is 1. The molecule has 5 heteroatoms. The number of hydrogen-bond donors (Lipinski definition) is 1. The molecule has 2 rings (SSSR count). The van der Waals surface area contributed by atoms with Gasteiger partial charge >= 0.3 is 5.97 Å². The molecule has 0 saturated carbocycles. The van der Waals surface area contributed by atoms with Crippen molar-refractivity contribution < 1.29 is 9.90 Å². The molecule has 2 aliphatic rings. The van der Waals surface area contributed by atoms with Crippen LogP contribution >= 0.6 is 11.8 Å². The van der Waals surface area contributed by atoms with E-state index < -0.39 is 5.97 Å². The number of hydrogen-bond acceptors (Lipinski definition) is 4. The molecular formula is C8H10N2O2S. The summed E-state index contributed by atoms with van der Waals surface area (Å²) in [7, 11) is 0. The maximum atomic E-state index is 10.4. The zero-order valence-corrected chi connectivity index (χ0v) is 8.04. The van der Waals surface area contributed by atoms with E-state index in [1.54, 1.807) is 11.8 Å². The van der Waals surface area contributed by atoms with Crippen LogP contribution in [0, 0.1) is 0 Å². The standard InChI is InChI=1S/C8H10N2O2S/c1-5-3-10-4-6(2-7(11)12)9-8(10)13-5/h3,8H,2,4H2,1H3,(H,11,12). The molecular weight excluding hydrogens is 188 g/mol. The number of carboxylic acid groups (broad SMARTS) is 1. The van der Waals surface area contributed by atoms with Crippen LogP contribution in [0.3, 0.4) is 0 Å². The molecule has 2 heterocycles. The van der Waals surface area contributed by atoms with Crippen LogP contribution in [-0.2, 0) is 4.79 Å². The normalized spacial score (nSPS) is 25.6. The lowest BCUT2D eigenvalue weighted by atomic mass is 10.3. The Morgan fingerprint density at radius 2 is 2.69 bits per heavy atom. The minimum atomic E-state index is -0.800. The average molecular weight is 198 g/mol. The monoisotopic (exact) mass is 198 g/mol. The number of carbonyl (C=O) groups is 1. The van der Waals surface area contributed by atoms with Gasteiger partial charge in [0, 0.05) is 16.8 Å². The van der Waals surface area contributed by atoms with E-state index in [2.05, 4.69) is 9.89 Å². The van der Waals surface area contributed by atoms with Gasteiger partial charge in [-0.25, -0.2) is 0 Å². The SMILES string of the molecule is CC1=CN2CC(CC(=O)O)=NC2S1. The lowest BCUT2D eigenvalue weighted by Crippen LogP contribution is -2.20. The van der Waals surface area contributed by atoms with E-state index in [1.807, 2.05) is 13.1 Å². The fraction of sp³-hybridized carbons (Fsp3) is 0.500. The molecule has 2 aliphatic heterocycles. The maximum Gasteiger partial charge on any atom is 0.309 e. The highest BCUT2D eigenvalue weighted by Crippen LogP contribution is 2.35. The van der Waals surface area contributed by atoms with Gasteiger partial charge in [0.15, 0.2) is 5.50 Å². The molecule has 0 aromatic rings. The predicted molar refractivity (Wildman–Crippen MR) is 51.5 cm³/mol. The summed E-state index contributed by atoms with van der Waals surface area (Å²) in [5, 5.41) is 8.57. The summed E-state index contributed by atoms with van der Waals surface area (Å²) in [5.74, 6) is -0.800. The summed E-state index contributed by atoms with van der Waals surface area (Å²) in [6.07, 6.45) is 2.11. The first-order valence-corrected chi connectivity index (χ1v) is 4.91. The molecule has 0 radical (unpaired) electrons. The molecule has 0 aromatic heterocycles. The van der Waals surface area contributed by atoms with Gasteiger partial charge in [-0.1, -0.05) is 11.8 Å². The Morgan fingerprint density at radius 1 is 1.92 bits per heavy atom. The lowest BCUT2D eigenvalue weighted by Gasteiger charge is -2.11. The van der Waals surface area contributed by atoms with Crippen LogP contribution in [0.2, 0.25) is 0 Å². The molecule has 0 bridgehead atoms. The van der Waals surface area contributed by atoms with Crippen LogP contribution in [0.25, 0.3) is 0 Å². The van der Waals surface area contributed by atoms with Gasteiger partial charge < -0.3 is 10.0 Å². The molecule has 0 saturated heterocycles. The van der Waals surface area contributed by atoms with E-state index in [-0.39, 0.29) is 11.9 Å². The van der Waals surface area contributed by atoms with Crippen LogP contribution in [0.5, 0.6) is 0 Å². The summed E-state index contributed by atoms with van der Waals surface area (Å²) in [4.78, 5) is 18.0. The zero-order valence-electron chi connectivity index (χ0n) is 7.23. The fourth-order valence-electron chi connectivity index (χ4n) is 1.47. The van der Waals surface area contributed by atoms with Gasteiger partial charge in [0.2, 0.25) is 0 Å². The quantitative estimate of drug-likeness (QED) is 0.722. The van der Waals surface area contributed by atoms with Crippen LogP contribution < -0.4 is 0 Å². The highest BCUT2D eigenvalue weighted by Gasteiger charge is 2.29. The summed E-state index contributed by atoms with van der Waals surface area (Å²) < 4.78 is 0. The van der Waals surface area contributed by atoms with E-state index in [0.717, 1.165) is 5.71 Å². The zero-order chi connectivity index (χ0) is 9.42. The predicted octanol–water partition coefficient (Wildman–Crippen LogP) is 1.11.